The molecule has 5 nitrogen and oxygen atoms in total. The van der Waals surface area contributed by atoms with E-state index in [1.54, 1.807) is 18.1 Å². The van der Waals surface area contributed by atoms with Crippen molar-refractivity contribution in [2.75, 3.05) is 13.7 Å². The van der Waals surface area contributed by atoms with Crippen LogP contribution in [0.5, 0.6) is 5.75 Å². The van der Waals surface area contributed by atoms with Gasteiger partial charge in [0.2, 0.25) is 0 Å². The first kappa shape index (κ1) is 23.7. The summed E-state index contributed by atoms with van der Waals surface area (Å²) < 4.78 is 31.7. The van der Waals surface area contributed by atoms with Gasteiger partial charge < -0.3 is 13.9 Å². The quantitative estimate of drug-likeness (QED) is 0.563. The Balaban J connectivity index is 2.38. The van der Waals surface area contributed by atoms with E-state index in [0.29, 0.717) is 24.3 Å². The normalized spacial score (nSPS) is 20.7. The molecule has 2 rings (SSSR count). The zero-order valence-corrected chi connectivity index (χ0v) is 20.3. The van der Waals surface area contributed by atoms with Crippen molar-refractivity contribution in [2.45, 2.75) is 83.8 Å². The zero-order chi connectivity index (χ0) is 22.2. The van der Waals surface area contributed by atoms with E-state index in [4.69, 9.17) is 13.9 Å². The zero-order valence-electron chi connectivity index (χ0n) is 19.3. The predicted octanol–water partition coefficient (Wildman–Crippen LogP) is 5.91. The van der Waals surface area contributed by atoms with Gasteiger partial charge in [0.1, 0.15) is 17.2 Å². The smallest absolute Gasteiger partial charge is 0.410 e. The molecular formula is C22H36FNO4Si. The third-order valence-corrected chi connectivity index (χ3v) is 10.2. The average Bonchev–Trinajstić information content (AvgIpc) is 2.95. The summed E-state index contributed by atoms with van der Waals surface area (Å²) in [6.07, 6.45) is 0.0162. The van der Waals surface area contributed by atoms with Crippen molar-refractivity contribution in [1.29, 1.82) is 0 Å². The fraction of sp³-hybridized carbons (Fsp3) is 0.682. The number of halogens is 1. The molecule has 7 heteroatoms. The molecule has 1 amide bonds. The third-order valence-electron chi connectivity index (χ3n) is 5.71. The van der Waals surface area contributed by atoms with Crippen LogP contribution < -0.4 is 4.74 Å². The van der Waals surface area contributed by atoms with Gasteiger partial charge in [0.05, 0.1) is 19.3 Å². The monoisotopic (exact) mass is 425 g/mol. The van der Waals surface area contributed by atoms with Gasteiger partial charge in [-0.05, 0) is 63.5 Å². The summed E-state index contributed by atoms with van der Waals surface area (Å²) in [5, 5.41) is 0.0539. The van der Waals surface area contributed by atoms with Crippen LogP contribution >= 0.6 is 0 Å². The molecule has 0 spiro atoms. The highest BCUT2D eigenvalue weighted by atomic mass is 28.4. The molecule has 1 aromatic rings. The van der Waals surface area contributed by atoms with Crippen molar-refractivity contribution in [3.63, 3.8) is 0 Å². The Hall–Kier alpha value is -1.60. The van der Waals surface area contributed by atoms with Gasteiger partial charge in [0.25, 0.3) is 0 Å². The lowest BCUT2D eigenvalue weighted by Crippen LogP contribution is -2.45. The van der Waals surface area contributed by atoms with Crippen molar-refractivity contribution in [3.05, 3.63) is 29.6 Å². The van der Waals surface area contributed by atoms with Crippen LogP contribution in [0.4, 0.5) is 9.18 Å². The minimum atomic E-state index is -2.03. The number of carbonyl (C=O) groups is 1. The van der Waals surface area contributed by atoms with Crippen LogP contribution in [0.2, 0.25) is 18.1 Å². The van der Waals surface area contributed by atoms with E-state index in [9.17, 15) is 9.18 Å². The van der Waals surface area contributed by atoms with E-state index >= 15 is 0 Å². The lowest BCUT2D eigenvalue weighted by Gasteiger charge is -2.38. The molecule has 1 aromatic carbocycles. The molecule has 0 aliphatic carbocycles. The van der Waals surface area contributed by atoms with Gasteiger partial charge in [-0.15, -0.1) is 0 Å². The summed E-state index contributed by atoms with van der Waals surface area (Å²) in [6.45, 7) is 16.9. The third kappa shape index (κ3) is 5.72. The highest BCUT2D eigenvalue weighted by Crippen LogP contribution is 2.43. The number of hydrogen-bond donors (Lipinski definition) is 0. The summed E-state index contributed by atoms with van der Waals surface area (Å²) >= 11 is 0. The molecule has 0 radical (unpaired) electrons. The Kier molecular flexibility index (Phi) is 6.74. The minimum Gasteiger partial charge on any atom is -0.496 e. The van der Waals surface area contributed by atoms with Crippen molar-refractivity contribution in [3.8, 4) is 5.75 Å². The molecule has 1 aliphatic rings. The first-order valence-electron chi connectivity index (χ1n) is 10.2. The largest absolute Gasteiger partial charge is 0.496 e. The lowest BCUT2D eigenvalue weighted by molar-refractivity contribution is 0.0207. The number of ether oxygens (including phenoxy) is 2. The first-order valence-corrected chi connectivity index (χ1v) is 13.1. The highest BCUT2D eigenvalue weighted by molar-refractivity contribution is 6.74. The molecule has 1 saturated heterocycles. The molecule has 0 bridgehead atoms. The Morgan fingerprint density at radius 2 is 1.79 bits per heavy atom. The summed E-state index contributed by atoms with van der Waals surface area (Å²) in [7, 11) is -0.480. The van der Waals surface area contributed by atoms with Gasteiger partial charge in [0, 0.05) is 12.1 Å². The van der Waals surface area contributed by atoms with Crippen LogP contribution in [0.1, 0.15) is 59.6 Å². The van der Waals surface area contributed by atoms with E-state index < -0.39 is 20.0 Å². The van der Waals surface area contributed by atoms with Gasteiger partial charge >= 0.3 is 6.09 Å². The molecule has 164 valence electrons. The molecule has 0 aromatic heterocycles. The van der Waals surface area contributed by atoms with Crippen molar-refractivity contribution in [1.82, 2.24) is 4.90 Å². The standard InChI is InChI=1S/C22H36FNO4Si/c1-21(2,3)27-20(25)24-14-16(28-29(8,9)22(4,5)6)13-18(24)17-12-15(23)10-11-19(17)26-7/h10-12,16,18H,13-14H2,1-9H3/t16-,18-/m1/s1. The lowest BCUT2D eigenvalue weighted by atomic mass is 10.0. The Morgan fingerprint density at radius 3 is 2.31 bits per heavy atom. The second-order valence-corrected chi connectivity index (χ2v) is 15.0. The molecule has 0 unspecified atom stereocenters. The van der Waals surface area contributed by atoms with Gasteiger partial charge in [-0.25, -0.2) is 9.18 Å². The topological polar surface area (TPSA) is 48.0 Å². The Morgan fingerprint density at radius 1 is 1.17 bits per heavy atom. The summed E-state index contributed by atoms with van der Waals surface area (Å²) in [6, 6.07) is 4.03. The molecule has 2 atom stereocenters. The predicted molar refractivity (Wildman–Crippen MR) is 115 cm³/mol. The number of amides is 1. The molecule has 1 fully saturated rings. The average molecular weight is 426 g/mol. The SMILES string of the molecule is COc1ccc(F)cc1[C@H]1C[C@@H](O[Si](C)(C)C(C)(C)C)CN1C(=O)OC(C)(C)C. The molecule has 0 saturated carbocycles. The van der Waals surface area contributed by atoms with Crippen molar-refractivity contribution >= 4 is 14.4 Å². The number of nitrogens with zero attached hydrogens (tertiary/aromatic N) is 1. The number of carbonyl (C=O) groups excluding carboxylic acids is 1. The van der Waals surface area contributed by atoms with Crippen LogP contribution in [0, 0.1) is 5.82 Å². The highest BCUT2D eigenvalue weighted by Gasteiger charge is 2.45. The summed E-state index contributed by atoms with van der Waals surface area (Å²) in [5.41, 5.74) is 0.0196. The number of likely N-dealkylation sites (tertiary alicyclic amines) is 1. The maximum atomic E-state index is 14.0. The van der Waals surface area contributed by atoms with E-state index in [1.807, 2.05) is 20.8 Å². The molecule has 29 heavy (non-hydrogen) atoms. The molecular weight excluding hydrogens is 389 g/mol. The van der Waals surface area contributed by atoms with E-state index in [1.165, 1.54) is 12.1 Å². The van der Waals surface area contributed by atoms with Crippen LogP contribution in [0.15, 0.2) is 18.2 Å². The Labute approximate surface area is 175 Å². The van der Waals surface area contributed by atoms with Gasteiger partial charge in [-0.2, -0.15) is 0 Å². The Bertz CT molecular complexity index is 739. The maximum absolute atomic E-state index is 14.0. The van der Waals surface area contributed by atoms with E-state index in [2.05, 4.69) is 33.9 Å². The molecule has 1 aliphatic heterocycles. The molecule has 0 N–H and O–H groups in total. The van der Waals surface area contributed by atoms with Crippen LogP contribution in [0.3, 0.4) is 0 Å². The van der Waals surface area contributed by atoms with Crippen molar-refractivity contribution in [2.24, 2.45) is 0 Å². The van der Waals surface area contributed by atoms with Gasteiger partial charge in [0.15, 0.2) is 8.32 Å². The summed E-state index contributed by atoms with van der Waals surface area (Å²) in [5.74, 6) is 0.191. The maximum Gasteiger partial charge on any atom is 0.410 e. The first-order chi connectivity index (χ1) is 13.1. The number of rotatable bonds is 4. The van der Waals surface area contributed by atoms with Crippen molar-refractivity contribution < 1.29 is 23.1 Å². The number of methoxy groups -OCH3 is 1. The van der Waals surface area contributed by atoms with Gasteiger partial charge in [-0.3, -0.25) is 4.90 Å². The summed E-state index contributed by atoms with van der Waals surface area (Å²) in [4.78, 5) is 14.6. The van der Waals surface area contributed by atoms with Crippen LogP contribution in [0.25, 0.3) is 0 Å². The number of benzene rings is 1. The second kappa shape index (κ2) is 8.26. The fourth-order valence-corrected chi connectivity index (χ4v) is 4.62. The van der Waals surface area contributed by atoms with Crippen LogP contribution in [-0.4, -0.2) is 44.7 Å². The van der Waals surface area contributed by atoms with Gasteiger partial charge in [-0.1, -0.05) is 20.8 Å². The number of hydrogen-bond acceptors (Lipinski definition) is 4. The van der Waals surface area contributed by atoms with E-state index in [0.717, 1.165) is 0 Å². The minimum absolute atomic E-state index is 0.0539. The van der Waals surface area contributed by atoms with Crippen LogP contribution in [-0.2, 0) is 9.16 Å². The fourth-order valence-electron chi connectivity index (χ4n) is 3.26. The van der Waals surface area contributed by atoms with E-state index in [-0.39, 0.29) is 23.0 Å². The second-order valence-electron chi connectivity index (χ2n) is 10.3. The molecule has 1 heterocycles.